The third-order valence-electron chi connectivity index (χ3n) is 5.43. The van der Waals surface area contributed by atoms with Gasteiger partial charge in [-0.2, -0.15) is 0 Å². The number of carbonyl (C=O) groups excluding carboxylic acids is 3. The second kappa shape index (κ2) is 13.7. The second-order valence-corrected chi connectivity index (χ2v) is 8.98. The number of ether oxygens (including phenoxy) is 1. The molecular weight excluding hydrogens is 540 g/mol. The van der Waals surface area contributed by atoms with Crippen LogP contribution in [0, 0.1) is 0 Å². The minimum Gasteiger partial charge on any atom is -0.508 e. The molecule has 2 atom stereocenters. The van der Waals surface area contributed by atoms with Gasteiger partial charge in [-0.3, -0.25) is 19.4 Å². The number of hydrogen-bond donors (Lipinski definition) is 6. The molecule has 2 aromatic carbocycles. The Morgan fingerprint density at radius 3 is 2.59 bits per heavy atom. The van der Waals surface area contributed by atoms with E-state index >= 15 is 0 Å². The van der Waals surface area contributed by atoms with Gasteiger partial charge in [0.05, 0.1) is 38.3 Å². The van der Waals surface area contributed by atoms with Crippen molar-refractivity contribution in [1.82, 2.24) is 16.0 Å². The monoisotopic (exact) mass is 567 g/mol. The summed E-state index contributed by atoms with van der Waals surface area (Å²) >= 11 is 5.97. The lowest BCUT2D eigenvalue weighted by Crippen LogP contribution is -2.42. The number of hydrogen-bond acceptors (Lipinski definition) is 9. The van der Waals surface area contributed by atoms with E-state index in [2.05, 4.69) is 26.3 Å². The Morgan fingerprint density at radius 1 is 1.18 bits per heavy atom. The number of aliphatic hydroxyl groups is 1. The van der Waals surface area contributed by atoms with E-state index in [1.54, 1.807) is 6.92 Å². The van der Waals surface area contributed by atoms with Gasteiger partial charge in [0.2, 0.25) is 5.91 Å². The summed E-state index contributed by atoms with van der Waals surface area (Å²) in [5.41, 5.74) is 0.146. The number of aliphatic imine (C=N–C) groups is 1. The highest BCUT2D eigenvalue weighted by atomic mass is 35.5. The minimum absolute atomic E-state index is 0.00178. The van der Waals surface area contributed by atoms with Gasteiger partial charge < -0.3 is 36.2 Å². The van der Waals surface area contributed by atoms with Crippen LogP contribution in [0.5, 0.6) is 5.75 Å². The van der Waals surface area contributed by atoms with Crippen LogP contribution < -0.4 is 21.3 Å². The number of amides is 2. The van der Waals surface area contributed by atoms with Crippen molar-refractivity contribution >= 4 is 41.0 Å². The molecular formula is C25H28ClF2N5O6. The number of aromatic hydroxyl groups is 1. The molecule has 0 bridgehead atoms. The van der Waals surface area contributed by atoms with Crippen LogP contribution in [0.15, 0.2) is 41.4 Å². The molecule has 0 saturated carbocycles. The van der Waals surface area contributed by atoms with Gasteiger partial charge in [0.25, 0.3) is 12.3 Å². The van der Waals surface area contributed by atoms with E-state index in [1.165, 1.54) is 24.3 Å². The quantitative estimate of drug-likeness (QED) is 0.238. The average molecular weight is 568 g/mol. The number of phenols is 1. The fraction of sp³-hybridized carbons (Fsp3) is 0.360. The predicted octanol–water partition coefficient (Wildman–Crippen LogP) is 2.26. The van der Waals surface area contributed by atoms with Crippen molar-refractivity contribution in [3.05, 3.63) is 58.1 Å². The zero-order chi connectivity index (χ0) is 28.5. The lowest BCUT2D eigenvalue weighted by molar-refractivity contribution is -0.143. The average Bonchev–Trinajstić information content (AvgIpc) is 2.87. The summed E-state index contributed by atoms with van der Waals surface area (Å²) in [5.74, 6) is -1.95. The van der Waals surface area contributed by atoms with Crippen molar-refractivity contribution in [3.63, 3.8) is 0 Å². The number of nitrogens with zero attached hydrogens (tertiary/aromatic N) is 1. The first-order valence-electron chi connectivity index (χ1n) is 11.9. The van der Waals surface area contributed by atoms with Crippen LogP contribution in [0.25, 0.3) is 0 Å². The molecule has 0 aromatic heterocycles. The highest BCUT2D eigenvalue weighted by Gasteiger charge is 2.22. The molecule has 0 aliphatic carbocycles. The number of anilines is 1. The Labute approximate surface area is 227 Å². The smallest absolute Gasteiger partial charge is 0.308 e. The Hall–Kier alpha value is -3.97. The van der Waals surface area contributed by atoms with Gasteiger partial charge in [-0.25, -0.2) is 8.78 Å². The lowest BCUT2D eigenvalue weighted by atomic mass is 10.0. The van der Waals surface area contributed by atoms with Crippen molar-refractivity contribution in [1.29, 1.82) is 0 Å². The minimum atomic E-state index is -2.82. The second-order valence-electron chi connectivity index (χ2n) is 8.55. The first kappa shape index (κ1) is 29.6. The first-order chi connectivity index (χ1) is 18.5. The van der Waals surface area contributed by atoms with Crippen LogP contribution in [-0.2, 0) is 14.3 Å². The summed E-state index contributed by atoms with van der Waals surface area (Å²) in [5, 5.41) is 30.2. The van der Waals surface area contributed by atoms with Gasteiger partial charge in [-0.05, 0) is 42.8 Å². The van der Waals surface area contributed by atoms with Gasteiger partial charge in [0.1, 0.15) is 5.75 Å². The summed E-state index contributed by atoms with van der Waals surface area (Å²) in [6.45, 7) is 1.63. The van der Waals surface area contributed by atoms with Crippen molar-refractivity contribution in [2.75, 3.05) is 31.6 Å². The summed E-state index contributed by atoms with van der Waals surface area (Å²) in [4.78, 5) is 41.6. The summed E-state index contributed by atoms with van der Waals surface area (Å²) < 4.78 is 31.5. The molecule has 0 spiro atoms. The predicted molar refractivity (Wildman–Crippen MR) is 139 cm³/mol. The van der Waals surface area contributed by atoms with Crippen molar-refractivity contribution in [2.24, 2.45) is 4.99 Å². The standard InChI is InChI=1S/C25H28ClF2N5O6/c1-2-39-22(37)9-20(13-3-14(23(27)28)5-16(26)4-13)33-21(36)12-29-24(38)15-6-17(8-18(34)7-15)32-25-30-10-19(35)11-31-25/h3-8,19-20,23,34-35H,2,9-12H2,1H3,(H,29,38)(H,33,36)(H2,30,31,32). The van der Waals surface area contributed by atoms with Crippen LogP contribution in [0.4, 0.5) is 14.5 Å². The number of esters is 1. The maximum absolute atomic E-state index is 13.3. The van der Waals surface area contributed by atoms with Crippen molar-refractivity contribution in [2.45, 2.75) is 31.9 Å². The molecule has 11 nitrogen and oxygen atoms in total. The van der Waals surface area contributed by atoms with E-state index in [0.717, 1.165) is 12.1 Å². The molecule has 14 heteroatoms. The Kier molecular flexibility index (Phi) is 10.4. The molecule has 2 aromatic rings. The van der Waals surface area contributed by atoms with Crippen LogP contribution in [0.1, 0.15) is 47.3 Å². The maximum atomic E-state index is 13.3. The Morgan fingerprint density at radius 2 is 1.92 bits per heavy atom. The number of carbonyl (C=O) groups is 3. The molecule has 3 rings (SSSR count). The molecule has 0 radical (unpaired) electrons. The van der Waals surface area contributed by atoms with Gasteiger partial charge in [-0.15, -0.1) is 0 Å². The van der Waals surface area contributed by atoms with E-state index in [0.29, 0.717) is 11.6 Å². The molecule has 1 heterocycles. The zero-order valence-electron chi connectivity index (χ0n) is 20.8. The summed E-state index contributed by atoms with van der Waals surface area (Å²) in [6.07, 6.45) is -3.79. The fourth-order valence-corrected chi connectivity index (χ4v) is 3.93. The molecule has 6 N–H and O–H groups in total. The number of β-amino-alcohol motifs (C(OH)–C–C–N with tert-alkyl or cyclic N) is 1. The topological polar surface area (TPSA) is 161 Å². The van der Waals surface area contributed by atoms with Crippen LogP contribution in [0.2, 0.25) is 5.02 Å². The van der Waals surface area contributed by atoms with Crippen LogP contribution >= 0.6 is 11.6 Å². The van der Waals surface area contributed by atoms with Gasteiger partial charge in [0.15, 0.2) is 5.96 Å². The number of nitrogens with one attached hydrogen (secondary N) is 4. The number of alkyl halides is 2. The highest BCUT2D eigenvalue weighted by Crippen LogP contribution is 2.28. The van der Waals surface area contributed by atoms with Gasteiger partial charge in [-0.1, -0.05) is 11.6 Å². The van der Waals surface area contributed by atoms with Gasteiger partial charge >= 0.3 is 5.97 Å². The number of rotatable bonds is 10. The third kappa shape index (κ3) is 9.07. The number of guanidine groups is 1. The van der Waals surface area contributed by atoms with Crippen LogP contribution in [-0.4, -0.2) is 66.3 Å². The maximum Gasteiger partial charge on any atom is 0.308 e. The molecule has 210 valence electrons. The zero-order valence-corrected chi connectivity index (χ0v) is 21.6. The molecule has 0 saturated heterocycles. The Balaban J connectivity index is 1.67. The molecule has 0 fully saturated rings. The molecule has 2 amide bonds. The molecule has 2 unspecified atom stereocenters. The molecule has 1 aliphatic rings. The first-order valence-corrected chi connectivity index (χ1v) is 12.3. The van der Waals surface area contributed by atoms with E-state index < -0.39 is 42.9 Å². The number of phenolic OH excluding ortho intramolecular Hbond substituents is 1. The highest BCUT2D eigenvalue weighted by molar-refractivity contribution is 6.30. The van der Waals surface area contributed by atoms with Crippen molar-refractivity contribution in [3.8, 4) is 5.75 Å². The molecule has 39 heavy (non-hydrogen) atoms. The normalized spacial score (nSPS) is 15.5. The summed E-state index contributed by atoms with van der Waals surface area (Å²) in [6, 6.07) is 6.48. The SMILES string of the molecule is CCOC(=O)CC(NC(=O)CNC(=O)c1cc(O)cc(NC2=NCC(O)CN2)c1)c1cc(Cl)cc(C(F)F)c1. The van der Waals surface area contributed by atoms with E-state index in [9.17, 15) is 33.4 Å². The summed E-state index contributed by atoms with van der Waals surface area (Å²) in [7, 11) is 0. The Bertz CT molecular complexity index is 1250. The van der Waals surface area contributed by atoms with E-state index in [1.807, 2.05) is 0 Å². The van der Waals surface area contributed by atoms with E-state index in [-0.39, 0.29) is 53.6 Å². The van der Waals surface area contributed by atoms with E-state index in [4.69, 9.17) is 16.3 Å². The van der Waals surface area contributed by atoms with Gasteiger partial charge in [0, 0.05) is 34.4 Å². The fourth-order valence-electron chi connectivity index (χ4n) is 3.68. The largest absolute Gasteiger partial charge is 0.508 e. The molecule has 1 aliphatic heterocycles. The lowest BCUT2D eigenvalue weighted by Gasteiger charge is -2.20. The number of halogens is 3. The van der Waals surface area contributed by atoms with Crippen molar-refractivity contribution < 1.29 is 38.1 Å². The number of benzene rings is 2. The third-order valence-corrected chi connectivity index (χ3v) is 5.64. The number of aliphatic hydroxyl groups excluding tert-OH is 1. The van der Waals surface area contributed by atoms with Crippen LogP contribution in [0.3, 0.4) is 0 Å².